The molecule has 148 valence electrons. The molecule has 2 fully saturated rings. The molecule has 1 aromatic heterocycles. The zero-order valence-corrected chi connectivity index (χ0v) is 17.3. The van der Waals surface area contributed by atoms with Gasteiger partial charge in [-0.2, -0.15) is 0 Å². The second-order valence-corrected chi connectivity index (χ2v) is 9.14. The van der Waals surface area contributed by atoms with Crippen LogP contribution in [0.1, 0.15) is 90.9 Å². The number of piperazine rings is 1. The van der Waals surface area contributed by atoms with E-state index in [1.165, 1.54) is 58.0 Å². The van der Waals surface area contributed by atoms with Crippen molar-refractivity contribution >= 4 is 0 Å². The number of rotatable bonds is 6. The van der Waals surface area contributed by atoms with Crippen molar-refractivity contribution in [3.05, 3.63) is 5.82 Å². The Labute approximate surface area is 159 Å². The van der Waals surface area contributed by atoms with Gasteiger partial charge in [-0.15, -0.1) is 5.10 Å². The van der Waals surface area contributed by atoms with Crippen molar-refractivity contribution in [2.24, 2.45) is 0 Å². The molecule has 1 aliphatic heterocycles. The molecule has 0 spiro atoms. The first kappa shape index (κ1) is 19.7. The van der Waals surface area contributed by atoms with Gasteiger partial charge in [0.1, 0.15) is 0 Å². The lowest BCUT2D eigenvalue weighted by atomic mass is 9.93. The molecule has 2 aliphatic rings. The lowest BCUT2D eigenvalue weighted by molar-refractivity contribution is 0.0483. The summed E-state index contributed by atoms with van der Waals surface area (Å²) in [6.45, 7) is 13.5. The molecule has 0 radical (unpaired) electrons. The van der Waals surface area contributed by atoms with Crippen LogP contribution in [0.15, 0.2) is 0 Å². The molecule has 0 amide bonds. The van der Waals surface area contributed by atoms with Gasteiger partial charge in [-0.1, -0.05) is 39.0 Å². The molecule has 1 unspecified atom stereocenters. The predicted molar refractivity (Wildman–Crippen MR) is 105 cm³/mol. The normalized spacial score (nSPS) is 22.6. The summed E-state index contributed by atoms with van der Waals surface area (Å²) in [6.07, 6.45) is 10.7. The summed E-state index contributed by atoms with van der Waals surface area (Å²) in [5.74, 6) is 1.05. The minimum absolute atomic E-state index is 0.0762. The Morgan fingerprint density at radius 3 is 2.35 bits per heavy atom. The summed E-state index contributed by atoms with van der Waals surface area (Å²) in [4.78, 5) is 5.39. The third-order valence-electron chi connectivity index (χ3n) is 6.14. The van der Waals surface area contributed by atoms with Gasteiger partial charge >= 0.3 is 0 Å². The summed E-state index contributed by atoms with van der Waals surface area (Å²) in [6, 6.07) is 1.18. The van der Waals surface area contributed by atoms with E-state index in [2.05, 4.69) is 53.0 Å². The number of tetrazole rings is 1. The fourth-order valence-corrected chi connectivity index (χ4v) is 4.61. The van der Waals surface area contributed by atoms with Crippen LogP contribution in [0, 0.1) is 0 Å². The number of aromatic nitrogens is 4. The van der Waals surface area contributed by atoms with Crippen LogP contribution in [0.4, 0.5) is 0 Å². The fourth-order valence-electron chi connectivity index (χ4n) is 4.61. The first-order valence-electron chi connectivity index (χ1n) is 10.8. The second-order valence-electron chi connectivity index (χ2n) is 9.14. The molecule has 0 N–H and O–H groups in total. The van der Waals surface area contributed by atoms with Gasteiger partial charge in [-0.05, 0) is 50.5 Å². The SMILES string of the molecule is CCCCC(c1nnnn1C(C)(C)C)N1CCN(C2CCCCC2)CC1. The minimum Gasteiger partial charge on any atom is -0.298 e. The van der Waals surface area contributed by atoms with E-state index in [0.29, 0.717) is 6.04 Å². The Hall–Kier alpha value is -1.01. The van der Waals surface area contributed by atoms with Crippen LogP contribution in [0.5, 0.6) is 0 Å². The molecular weight excluding hydrogens is 324 g/mol. The highest BCUT2D eigenvalue weighted by atomic mass is 15.6. The monoisotopic (exact) mass is 362 g/mol. The number of nitrogens with zero attached hydrogens (tertiary/aromatic N) is 6. The van der Waals surface area contributed by atoms with Crippen LogP contribution in [0.25, 0.3) is 0 Å². The quantitative estimate of drug-likeness (QED) is 0.774. The van der Waals surface area contributed by atoms with E-state index in [4.69, 9.17) is 0 Å². The molecule has 6 heteroatoms. The minimum atomic E-state index is -0.0762. The van der Waals surface area contributed by atoms with Crippen LogP contribution >= 0.6 is 0 Å². The molecule has 6 nitrogen and oxygen atoms in total. The van der Waals surface area contributed by atoms with Gasteiger partial charge in [-0.3, -0.25) is 9.80 Å². The maximum Gasteiger partial charge on any atom is 0.168 e. The van der Waals surface area contributed by atoms with Crippen LogP contribution in [0.2, 0.25) is 0 Å². The molecule has 1 saturated carbocycles. The first-order valence-corrected chi connectivity index (χ1v) is 10.8. The summed E-state index contributed by atoms with van der Waals surface area (Å²) in [7, 11) is 0. The molecule has 26 heavy (non-hydrogen) atoms. The Morgan fingerprint density at radius 1 is 1.04 bits per heavy atom. The van der Waals surface area contributed by atoms with Crippen LogP contribution in [0.3, 0.4) is 0 Å². The molecular formula is C20H38N6. The third-order valence-corrected chi connectivity index (χ3v) is 6.14. The largest absolute Gasteiger partial charge is 0.298 e. The van der Waals surface area contributed by atoms with E-state index < -0.39 is 0 Å². The van der Waals surface area contributed by atoms with Crippen molar-refractivity contribution in [3.63, 3.8) is 0 Å². The van der Waals surface area contributed by atoms with Crippen molar-refractivity contribution < 1.29 is 0 Å². The highest BCUT2D eigenvalue weighted by Crippen LogP contribution is 2.30. The van der Waals surface area contributed by atoms with Gasteiger partial charge in [0, 0.05) is 32.2 Å². The summed E-state index contributed by atoms with van der Waals surface area (Å²) >= 11 is 0. The van der Waals surface area contributed by atoms with Gasteiger partial charge < -0.3 is 0 Å². The molecule has 1 aromatic rings. The van der Waals surface area contributed by atoms with Gasteiger partial charge in [0.2, 0.25) is 0 Å². The van der Waals surface area contributed by atoms with E-state index >= 15 is 0 Å². The fraction of sp³-hybridized carbons (Fsp3) is 0.950. The van der Waals surface area contributed by atoms with Crippen molar-refractivity contribution in [1.82, 2.24) is 30.0 Å². The summed E-state index contributed by atoms with van der Waals surface area (Å²) in [5, 5.41) is 12.8. The maximum absolute atomic E-state index is 4.47. The van der Waals surface area contributed by atoms with Crippen LogP contribution < -0.4 is 0 Å². The van der Waals surface area contributed by atoms with Gasteiger partial charge in [0.05, 0.1) is 11.6 Å². The van der Waals surface area contributed by atoms with Crippen molar-refractivity contribution in [1.29, 1.82) is 0 Å². The number of hydrogen-bond donors (Lipinski definition) is 0. The molecule has 1 saturated heterocycles. The van der Waals surface area contributed by atoms with E-state index in [1.807, 2.05) is 4.68 Å². The van der Waals surface area contributed by atoms with Crippen molar-refractivity contribution in [2.75, 3.05) is 26.2 Å². The van der Waals surface area contributed by atoms with E-state index in [1.54, 1.807) is 0 Å². The molecule has 0 aromatic carbocycles. The lowest BCUT2D eigenvalue weighted by Crippen LogP contribution is -2.52. The molecule has 0 bridgehead atoms. The highest BCUT2D eigenvalue weighted by molar-refractivity contribution is 4.98. The molecule has 1 atom stereocenters. The zero-order valence-electron chi connectivity index (χ0n) is 17.3. The zero-order chi connectivity index (χ0) is 18.6. The molecule has 3 rings (SSSR count). The lowest BCUT2D eigenvalue weighted by Gasteiger charge is -2.43. The molecule has 2 heterocycles. The summed E-state index contributed by atoms with van der Waals surface area (Å²) in [5.41, 5.74) is -0.0762. The smallest absolute Gasteiger partial charge is 0.168 e. The number of hydrogen-bond acceptors (Lipinski definition) is 5. The van der Waals surface area contributed by atoms with Crippen molar-refractivity contribution in [3.8, 4) is 0 Å². The average molecular weight is 363 g/mol. The van der Waals surface area contributed by atoms with Crippen LogP contribution in [-0.4, -0.2) is 62.2 Å². The van der Waals surface area contributed by atoms with E-state index in [0.717, 1.165) is 31.4 Å². The Bertz CT molecular complexity index is 535. The first-order chi connectivity index (χ1) is 12.5. The predicted octanol–water partition coefficient (Wildman–Crippen LogP) is 3.61. The van der Waals surface area contributed by atoms with Crippen LogP contribution in [-0.2, 0) is 5.54 Å². The Kier molecular flexibility index (Phi) is 6.67. The second kappa shape index (κ2) is 8.79. The topological polar surface area (TPSA) is 50.1 Å². The Balaban J connectivity index is 1.68. The Morgan fingerprint density at radius 2 is 1.73 bits per heavy atom. The number of unbranched alkanes of at least 4 members (excludes halogenated alkanes) is 1. The summed E-state index contributed by atoms with van der Waals surface area (Å²) < 4.78 is 2.04. The average Bonchev–Trinajstić information content (AvgIpc) is 3.13. The van der Waals surface area contributed by atoms with Gasteiger partial charge in [0.15, 0.2) is 5.82 Å². The van der Waals surface area contributed by atoms with E-state index in [-0.39, 0.29) is 5.54 Å². The van der Waals surface area contributed by atoms with E-state index in [9.17, 15) is 0 Å². The molecule has 1 aliphatic carbocycles. The highest BCUT2D eigenvalue weighted by Gasteiger charge is 2.33. The standard InChI is InChI=1S/C20H38N6/c1-5-6-12-18(19-21-22-23-26(19)20(2,3)4)25-15-13-24(14-16-25)17-10-8-7-9-11-17/h17-18H,5-16H2,1-4H3. The van der Waals surface area contributed by atoms with Gasteiger partial charge in [0.25, 0.3) is 0 Å². The van der Waals surface area contributed by atoms with Crippen molar-refractivity contribution in [2.45, 2.75) is 96.7 Å². The van der Waals surface area contributed by atoms with Gasteiger partial charge in [-0.25, -0.2) is 4.68 Å². The maximum atomic E-state index is 4.47. The third kappa shape index (κ3) is 4.63.